The zero-order valence-electron chi connectivity index (χ0n) is 18.2. The summed E-state index contributed by atoms with van der Waals surface area (Å²) in [5, 5.41) is 11.5. The molecule has 2 aromatic rings. The van der Waals surface area contributed by atoms with Gasteiger partial charge in [0.25, 0.3) is 11.7 Å². The first-order chi connectivity index (χ1) is 15.3. The molecule has 1 amide bonds. The summed E-state index contributed by atoms with van der Waals surface area (Å²) in [5.41, 5.74) is 0.580. The first-order valence-electron chi connectivity index (χ1n) is 10.3. The molecule has 0 aliphatic carbocycles. The minimum atomic E-state index is -0.862. The molecule has 32 heavy (non-hydrogen) atoms. The fourth-order valence-corrected chi connectivity index (χ4v) is 4.06. The van der Waals surface area contributed by atoms with E-state index in [1.807, 2.05) is 6.92 Å². The van der Waals surface area contributed by atoms with Gasteiger partial charge in [-0.3, -0.25) is 9.59 Å². The Morgan fingerprint density at radius 3 is 2.34 bits per heavy atom. The van der Waals surface area contributed by atoms with E-state index in [2.05, 4.69) is 0 Å². The Bertz CT molecular complexity index is 1050. The van der Waals surface area contributed by atoms with Crippen molar-refractivity contribution in [2.45, 2.75) is 32.2 Å². The average molecular weight is 462 g/mol. The van der Waals surface area contributed by atoms with Crippen LogP contribution in [0.3, 0.4) is 0 Å². The molecule has 6 nitrogen and oxygen atoms in total. The van der Waals surface area contributed by atoms with Crippen LogP contribution in [-0.4, -0.2) is 42.5 Å². The van der Waals surface area contributed by atoms with E-state index in [4.69, 9.17) is 21.1 Å². The van der Waals surface area contributed by atoms with E-state index in [9.17, 15) is 19.1 Å². The number of ketones is 1. The molecule has 1 saturated heterocycles. The van der Waals surface area contributed by atoms with Crippen LogP contribution in [0.15, 0.2) is 42.0 Å². The first kappa shape index (κ1) is 23.6. The highest BCUT2D eigenvalue weighted by Gasteiger charge is 2.46. The van der Waals surface area contributed by atoms with E-state index in [-0.39, 0.29) is 27.7 Å². The molecule has 0 saturated carbocycles. The number of rotatable bonds is 8. The van der Waals surface area contributed by atoms with Crippen molar-refractivity contribution in [1.29, 1.82) is 0 Å². The van der Waals surface area contributed by atoms with Gasteiger partial charge in [-0.25, -0.2) is 4.39 Å². The van der Waals surface area contributed by atoms with Crippen LogP contribution < -0.4 is 9.47 Å². The lowest BCUT2D eigenvalue weighted by Crippen LogP contribution is -2.30. The van der Waals surface area contributed by atoms with E-state index in [1.54, 1.807) is 0 Å². The maximum absolute atomic E-state index is 13.6. The van der Waals surface area contributed by atoms with Crippen LogP contribution in [0, 0.1) is 5.82 Å². The summed E-state index contributed by atoms with van der Waals surface area (Å²) < 4.78 is 24.1. The topological polar surface area (TPSA) is 76.1 Å². The molecule has 1 unspecified atom stereocenters. The van der Waals surface area contributed by atoms with E-state index < -0.39 is 29.3 Å². The van der Waals surface area contributed by atoms with Crippen molar-refractivity contribution in [1.82, 2.24) is 4.90 Å². The number of carbonyl (C=O) groups is 2. The van der Waals surface area contributed by atoms with E-state index in [0.29, 0.717) is 18.5 Å². The standard InChI is InChI=1S/C24H25ClFNO5/c1-4-5-6-11-27-21(14-7-9-15(26)10-8-14)20(23(29)24(27)30)22(28)16-12-19(32-3)17(25)13-18(16)31-2/h7-10,12-13,21,28H,4-6,11H2,1-3H3/b22-20+. The molecule has 0 radical (unpaired) electrons. The number of ether oxygens (including phenoxy) is 2. The number of amides is 1. The van der Waals surface area contributed by atoms with Crippen molar-refractivity contribution in [3.05, 3.63) is 63.9 Å². The Kier molecular flexibility index (Phi) is 7.40. The fourth-order valence-electron chi connectivity index (χ4n) is 3.83. The molecule has 1 aliphatic rings. The number of aliphatic hydroxyl groups is 1. The van der Waals surface area contributed by atoms with Crippen LogP contribution in [0.25, 0.3) is 5.76 Å². The van der Waals surface area contributed by atoms with Crippen LogP contribution in [0.5, 0.6) is 11.5 Å². The number of hydrogen-bond acceptors (Lipinski definition) is 5. The van der Waals surface area contributed by atoms with Gasteiger partial charge in [0, 0.05) is 12.6 Å². The lowest BCUT2D eigenvalue weighted by Gasteiger charge is -2.25. The van der Waals surface area contributed by atoms with Crippen molar-refractivity contribution in [3.8, 4) is 11.5 Å². The summed E-state index contributed by atoms with van der Waals surface area (Å²) in [6, 6.07) is 7.57. The van der Waals surface area contributed by atoms with Crippen LogP contribution >= 0.6 is 11.6 Å². The monoisotopic (exact) mass is 461 g/mol. The van der Waals surface area contributed by atoms with Gasteiger partial charge in [-0.1, -0.05) is 43.5 Å². The average Bonchev–Trinajstić information content (AvgIpc) is 3.04. The first-order valence-corrected chi connectivity index (χ1v) is 10.7. The molecule has 0 spiro atoms. The molecule has 1 heterocycles. The second kappa shape index (κ2) is 10.0. The Morgan fingerprint density at radius 1 is 1.09 bits per heavy atom. The molecule has 1 atom stereocenters. The molecule has 0 aromatic heterocycles. The number of nitrogens with zero attached hydrogens (tertiary/aromatic N) is 1. The van der Waals surface area contributed by atoms with Gasteiger partial charge in [0.15, 0.2) is 0 Å². The number of likely N-dealkylation sites (tertiary alicyclic amines) is 1. The van der Waals surface area contributed by atoms with E-state index >= 15 is 0 Å². The summed E-state index contributed by atoms with van der Waals surface area (Å²) in [6.07, 6.45) is 2.51. The SMILES string of the molecule is CCCCCN1C(=O)C(=O)/C(=C(/O)c2cc(OC)c(Cl)cc2OC)C1c1ccc(F)cc1. The van der Waals surface area contributed by atoms with Gasteiger partial charge < -0.3 is 19.5 Å². The van der Waals surface area contributed by atoms with Gasteiger partial charge in [-0.15, -0.1) is 0 Å². The zero-order valence-corrected chi connectivity index (χ0v) is 18.9. The number of unbranched alkanes of at least 4 members (excludes halogenated alkanes) is 2. The maximum atomic E-state index is 13.6. The predicted octanol–water partition coefficient (Wildman–Crippen LogP) is 5.11. The molecule has 0 bridgehead atoms. The molecular weight excluding hydrogens is 437 g/mol. The van der Waals surface area contributed by atoms with E-state index in [1.165, 1.54) is 55.5 Å². The van der Waals surface area contributed by atoms with Crippen LogP contribution in [-0.2, 0) is 9.59 Å². The van der Waals surface area contributed by atoms with Gasteiger partial charge in [-0.05, 0) is 30.2 Å². The second-order valence-electron chi connectivity index (χ2n) is 7.44. The van der Waals surface area contributed by atoms with Gasteiger partial charge >= 0.3 is 0 Å². The molecule has 1 fully saturated rings. The molecule has 1 aliphatic heterocycles. The molecular formula is C24H25ClFNO5. The molecule has 1 N–H and O–H groups in total. The highest BCUT2D eigenvalue weighted by atomic mass is 35.5. The van der Waals surface area contributed by atoms with Crippen molar-refractivity contribution in [3.63, 3.8) is 0 Å². The van der Waals surface area contributed by atoms with Crippen molar-refractivity contribution >= 4 is 29.1 Å². The summed E-state index contributed by atoms with van der Waals surface area (Å²) in [4.78, 5) is 27.4. The van der Waals surface area contributed by atoms with Crippen molar-refractivity contribution in [2.75, 3.05) is 20.8 Å². The molecule has 3 rings (SSSR count). The largest absolute Gasteiger partial charge is 0.507 e. The van der Waals surface area contributed by atoms with Gasteiger partial charge in [0.1, 0.15) is 23.1 Å². The lowest BCUT2D eigenvalue weighted by atomic mass is 9.94. The number of halogens is 2. The molecule has 8 heteroatoms. The van der Waals surface area contributed by atoms with Gasteiger partial charge in [-0.2, -0.15) is 0 Å². The number of carbonyl (C=O) groups excluding carboxylic acids is 2. The Morgan fingerprint density at radius 2 is 1.75 bits per heavy atom. The van der Waals surface area contributed by atoms with Crippen molar-refractivity contribution in [2.24, 2.45) is 0 Å². The summed E-state index contributed by atoms with van der Waals surface area (Å²) in [5.74, 6) is -1.91. The fraction of sp³-hybridized carbons (Fsp3) is 0.333. The molecule has 170 valence electrons. The second-order valence-corrected chi connectivity index (χ2v) is 7.85. The number of hydrogen-bond donors (Lipinski definition) is 1. The summed E-state index contributed by atoms with van der Waals surface area (Å²) in [6.45, 7) is 2.37. The Balaban J connectivity index is 2.21. The number of Topliss-reactive ketones (excluding diaryl/α,β-unsaturated/α-hetero) is 1. The number of methoxy groups -OCH3 is 2. The van der Waals surface area contributed by atoms with Crippen LogP contribution in [0.1, 0.15) is 43.4 Å². The highest BCUT2D eigenvalue weighted by molar-refractivity contribution is 6.46. The smallest absolute Gasteiger partial charge is 0.295 e. The van der Waals surface area contributed by atoms with Crippen molar-refractivity contribution < 1.29 is 28.6 Å². The van der Waals surface area contributed by atoms with Crippen LogP contribution in [0.2, 0.25) is 5.02 Å². The van der Waals surface area contributed by atoms with Gasteiger partial charge in [0.2, 0.25) is 0 Å². The third-order valence-electron chi connectivity index (χ3n) is 5.46. The number of aliphatic hydroxyl groups excluding tert-OH is 1. The quantitative estimate of drug-likeness (QED) is 0.256. The van der Waals surface area contributed by atoms with Gasteiger partial charge in [0.05, 0.1) is 36.4 Å². The highest BCUT2D eigenvalue weighted by Crippen LogP contribution is 2.43. The van der Waals surface area contributed by atoms with E-state index in [0.717, 1.165) is 12.8 Å². The molecule has 2 aromatic carbocycles. The third kappa shape index (κ3) is 4.43. The zero-order chi connectivity index (χ0) is 23.4. The summed E-state index contributed by atoms with van der Waals surface area (Å²) in [7, 11) is 2.82. The maximum Gasteiger partial charge on any atom is 0.295 e. The normalized spacial score (nSPS) is 17.7. The Labute approximate surface area is 191 Å². The minimum Gasteiger partial charge on any atom is -0.507 e. The third-order valence-corrected chi connectivity index (χ3v) is 5.75. The Hall–Kier alpha value is -3.06. The number of benzene rings is 2. The van der Waals surface area contributed by atoms with Crippen LogP contribution in [0.4, 0.5) is 4.39 Å². The minimum absolute atomic E-state index is 0.0965. The lowest BCUT2D eigenvalue weighted by molar-refractivity contribution is -0.139. The predicted molar refractivity (Wildman–Crippen MR) is 119 cm³/mol. The summed E-state index contributed by atoms with van der Waals surface area (Å²) >= 11 is 6.16.